The number of carbonyl (C=O) groups excluding carboxylic acids is 1. The van der Waals surface area contributed by atoms with Crippen LogP contribution in [0.25, 0.3) is 0 Å². The number of nitrogens with one attached hydrogen (secondary N) is 1. The number of aromatic nitrogens is 2. The number of carboxylic acid groups (broad SMARTS) is 1. The molecule has 0 saturated heterocycles. The molecule has 0 fully saturated rings. The summed E-state index contributed by atoms with van der Waals surface area (Å²) in [6.45, 7) is 0.298. The number of benzene rings is 1. The van der Waals surface area contributed by atoms with Gasteiger partial charge in [-0.15, -0.1) is 0 Å². The number of amides is 1. The van der Waals surface area contributed by atoms with Crippen LogP contribution in [0.2, 0.25) is 0 Å². The van der Waals surface area contributed by atoms with E-state index in [1.165, 1.54) is 12.1 Å². The Morgan fingerprint density at radius 1 is 1.35 bits per heavy atom. The first-order valence-electron chi connectivity index (χ1n) is 6.74. The van der Waals surface area contributed by atoms with Crippen molar-refractivity contribution >= 4 is 11.9 Å². The molecule has 122 valence electrons. The second-order valence-electron chi connectivity index (χ2n) is 5.08. The van der Waals surface area contributed by atoms with Crippen LogP contribution in [0.3, 0.4) is 0 Å². The molecule has 1 amide bonds. The van der Waals surface area contributed by atoms with Crippen molar-refractivity contribution in [2.45, 2.75) is 25.4 Å². The first kappa shape index (κ1) is 16.6. The highest BCUT2D eigenvalue weighted by atomic mass is 19.3. The third-order valence-corrected chi connectivity index (χ3v) is 3.19. The molecule has 0 bridgehead atoms. The zero-order valence-electron chi connectivity index (χ0n) is 12.2. The summed E-state index contributed by atoms with van der Waals surface area (Å²) in [5, 5.41) is 11.2. The summed E-state index contributed by atoms with van der Waals surface area (Å²) in [6, 6.07) is 6.34. The van der Waals surface area contributed by atoms with E-state index in [4.69, 9.17) is 5.11 Å². The topological polar surface area (TPSA) is 84.2 Å². The van der Waals surface area contributed by atoms with Gasteiger partial charge in [-0.25, -0.2) is 18.6 Å². The van der Waals surface area contributed by atoms with E-state index in [-0.39, 0.29) is 11.3 Å². The summed E-state index contributed by atoms with van der Waals surface area (Å²) >= 11 is 0. The maximum atomic E-state index is 13.8. The van der Waals surface area contributed by atoms with Gasteiger partial charge >= 0.3 is 5.97 Å². The van der Waals surface area contributed by atoms with Gasteiger partial charge in [-0.3, -0.25) is 4.79 Å². The number of alkyl halides is 2. The predicted octanol–water partition coefficient (Wildman–Crippen LogP) is 2.09. The molecule has 1 aromatic carbocycles. The Balaban J connectivity index is 2.15. The molecule has 1 unspecified atom stereocenters. The highest BCUT2D eigenvalue weighted by Crippen LogP contribution is 2.30. The van der Waals surface area contributed by atoms with Gasteiger partial charge in [0, 0.05) is 6.92 Å². The van der Waals surface area contributed by atoms with Gasteiger partial charge in [-0.2, -0.15) is 0 Å². The minimum absolute atomic E-state index is 0.195. The van der Waals surface area contributed by atoms with Crippen molar-refractivity contribution in [2.24, 2.45) is 0 Å². The van der Waals surface area contributed by atoms with Crippen LogP contribution in [0.5, 0.6) is 0 Å². The Morgan fingerprint density at radius 3 is 2.57 bits per heavy atom. The van der Waals surface area contributed by atoms with E-state index in [1.54, 1.807) is 18.2 Å². The number of nitrogens with zero attached hydrogens (tertiary/aromatic N) is 2. The number of rotatable bonds is 6. The van der Waals surface area contributed by atoms with Crippen LogP contribution in [0.1, 0.15) is 29.0 Å². The SMILES string of the molecule is CC(F)(F)C(NC(=O)Cn1cncc1C(=O)O)c1ccccc1. The lowest BCUT2D eigenvalue weighted by Crippen LogP contribution is -2.40. The predicted molar refractivity (Wildman–Crippen MR) is 77.1 cm³/mol. The fourth-order valence-electron chi connectivity index (χ4n) is 2.13. The minimum atomic E-state index is -3.18. The molecule has 1 aromatic heterocycles. The lowest BCUT2D eigenvalue weighted by Gasteiger charge is -2.25. The van der Waals surface area contributed by atoms with Gasteiger partial charge < -0.3 is 15.0 Å². The van der Waals surface area contributed by atoms with Gasteiger partial charge in [0.1, 0.15) is 18.3 Å². The van der Waals surface area contributed by atoms with Crippen molar-refractivity contribution in [2.75, 3.05) is 0 Å². The van der Waals surface area contributed by atoms with Crippen LogP contribution in [0.4, 0.5) is 8.78 Å². The average molecular weight is 323 g/mol. The molecule has 2 aromatic rings. The number of hydrogen-bond acceptors (Lipinski definition) is 3. The number of aromatic carboxylic acids is 1. The van der Waals surface area contributed by atoms with Crippen molar-refractivity contribution in [1.29, 1.82) is 0 Å². The Hall–Kier alpha value is -2.77. The smallest absolute Gasteiger partial charge is 0.354 e. The third-order valence-electron chi connectivity index (χ3n) is 3.19. The normalized spacial score (nSPS) is 12.7. The van der Waals surface area contributed by atoms with Gasteiger partial charge in [0.15, 0.2) is 0 Å². The number of imidazole rings is 1. The van der Waals surface area contributed by atoms with E-state index in [1.807, 2.05) is 0 Å². The van der Waals surface area contributed by atoms with E-state index in [0.29, 0.717) is 6.92 Å². The maximum Gasteiger partial charge on any atom is 0.354 e. The van der Waals surface area contributed by atoms with Gasteiger partial charge in [0.2, 0.25) is 5.91 Å². The standard InChI is InChI=1S/C15H15F2N3O3/c1-15(16,17)13(10-5-3-2-4-6-10)19-12(21)8-20-9-18-7-11(20)14(22)23/h2-7,9,13H,8H2,1H3,(H,19,21)(H,22,23). The molecule has 0 aliphatic heterocycles. The zero-order valence-corrected chi connectivity index (χ0v) is 12.2. The minimum Gasteiger partial charge on any atom is -0.477 e. The largest absolute Gasteiger partial charge is 0.477 e. The average Bonchev–Trinajstić information content (AvgIpc) is 2.93. The van der Waals surface area contributed by atoms with Crippen LogP contribution in [0.15, 0.2) is 42.9 Å². The Bertz CT molecular complexity index is 695. The number of carboxylic acids is 1. The summed E-state index contributed by atoms with van der Waals surface area (Å²) in [7, 11) is 0. The molecular formula is C15H15F2N3O3. The summed E-state index contributed by atoms with van der Waals surface area (Å²) < 4.78 is 28.7. The van der Waals surface area contributed by atoms with E-state index in [2.05, 4.69) is 10.3 Å². The van der Waals surface area contributed by atoms with Crippen molar-refractivity contribution in [3.8, 4) is 0 Å². The summed E-state index contributed by atoms with van der Waals surface area (Å²) in [6.07, 6.45) is 2.24. The van der Waals surface area contributed by atoms with Crippen LogP contribution < -0.4 is 5.32 Å². The molecule has 2 rings (SSSR count). The van der Waals surface area contributed by atoms with Gasteiger partial charge in [-0.05, 0) is 5.56 Å². The zero-order chi connectivity index (χ0) is 17.0. The van der Waals surface area contributed by atoms with E-state index < -0.39 is 30.4 Å². The first-order valence-corrected chi connectivity index (χ1v) is 6.74. The molecule has 6 nitrogen and oxygen atoms in total. The Morgan fingerprint density at radius 2 is 2.00 bits per heavy atom. The van der Waals surface area contributed by atoms with E-state index >= 15 is 0 Å². The highest BCUT2D eigenvalue weighted by Gasteiger charge is 2.36. The molecule has 0 spiro atoms. The van der Waals surface area contributed by atoms with Gasteiger partial charge in [0.05, 0.1) is 12.5 Å². The van der Waals surface area contributed by atoms with Gasteiger partial charge in [-0.1, -0.05) is 30.3 Å². The number of carbonyl (C=O) groups is 2. The summed E-state index contributed by atoms with van der Waals surface area (Å²) in [5.41, 5.74) is 0.0668. The van der Waals surface area contributed by atoms with E-state index in [0.717, 1.165) is 17.1 Å². The van der Waals surface area contributed by atoms with Crippen LogP contribution >= 0.6 is 0 Å². The summed E-state index contributed by atoms with van der Waals surface area (Å²) in [5.74, 6) is -5.17. The van der Waals surface area contributed by atoms with Crippen LogP contribution in [-0.2, 0) is 11.3 Å². The maximum absolute atomic E-state index is 13.8. The lowest BCUT2D eigenvalue weighted by atomic mass is 10.0. The number of hydrogen-bond donors (Lipinski definition) is 2. The highest BCUT2D eigenvalue weighted by molar-refractivity contribution is 5.86. The monoisotopic (exact) mass is 323 g/mol. The molecule has 0 saturated carbocycles. The third kappa shape index (κ3) is 4.12. The van der Waals surface area contributed by atoms with Gasteiger partial charge in [0.25, 0.3) is 5.92 Å². The van der Waals surface area contributed by atoms with Crippen molar-refractivity contribution < 1.29 is 23.5 Å². The molecule has 1 atom stereocenters. The lowest BCUT2D eigenvalue weighted by molar-refractivity contribution is -0.126. The quantitative estimate of drug-likeness (QED) is 0.852. The Kier molecular flexibility index (Phi) is 4.73. The molecule has 0 aliphatic rings. The molecule has 0 radical (unpaired) electrons. The molecule has 2 N–H and O–H groups in total. The molecule has 23 heavy (non-hydrogen) atoms. The van der Waals surface area contributed by atoms with Crippen LogP contribution in [0, 0.1) is 0 Å². The van der Waals surface area contributed by atoms with Crippen LogP contribution in [-0.4, -0.2) is 32.5 Å². The second kappa shape index (κ2) is 6.55. The van der Waals surface area contributed by atoms with Crippen molar-refractivity contribution in [1.82, 2.24) is 14.9 Å². The molecule has 1 heterocycles. The molecule has 0 aliphatic carbocycles. The first-order chi connectivity index (χ1) is 10.8. The number of halogens is 2. The molecular weight excluding hydrogens is 308 g/mol. The Labute approximate surface area is 130 Å². The second-order valence-corrected chi connectivity index (χ2v) is 5.08. The van der Waals surface area contributed by atoms with Crippen molar-refractivity contribution in [3.63, 3.8) is 0 Å². The van der Waals surface area contributed by atoms with Crippen molar-refractivity contribution in [3.05, 3.63) is 54.1 Å². The summed E-state index contributed by atoms with van der Waals surface area (Å²) in [4.78, 5) is 26.6. The fourth-order valence-corrected chi connectivity index (χ4v) is 2.13. The fraction of sp³-hybridized carbons (Fsp3) is 0.267. The van der Waals surface area contributed by atoms with E-state index in [9.17, 15) is 18.4 Å². The molecule has 8 heteroatoms.